The molecular formula is C13H18N2O2. The third-order valence-corrected chi connectivity index (χ3v) is 2.33. The highest BCUT2D eigenvalue weighted by atomic mass is 16.5. The molecule has 3 N–H and O–H groups in total. The van der Waals surface area contributed by atoms with Gasteiger partial charge in [0.05, 0.1) is 6.10 Å². The first-order valence-electron chi connectivity index (χ1n) is 5.46. The minimum absolute atomic E-state index is 0.0175. The van der Waals surface area contributed by atoms with Crippen molar-refractivity contribution >= 4 is 17.7 Å². The minimum Gasteiger partial charge on any atom is -0.399 e. The summed E-state index contributed by atoms with van der Waals surface area (Å²) in [5, 5.41) is 2.74. The van der Waals surface area contributed by atoms with E-state index in [9.17, 15) is 4.79 Å². The Bertz CT molecular complexity index is 385. The zero-order chi connectivity index (χ0) is 12.7. The van der Waals surface area contributed by atoms with Crippen LogP contribution < -0.4 is 11.1 Å². The lowest BCUT2D eigenvalue weighted by molar-refractivity contribution is -0.116. The van der Waals surface area contributed by atoms with Crippen LogP contribution in [0.5, 0.6) is 0 Å². The van der Waals surface area contributed by atoms with Crippen molar-refractivity contribution in [1.29, 1.82) is 0 Å². The van der Waals surface area contributed by atoms with E-state index in [1.165, 1.54) is 6.08 Å². The molecule has 17 heavy (non-hydrogen) atoms. The highest BCUT2D eigenvalue weighted by Crippen LogP contribution is 2.06. The molecule has 0 aliphatic heterocycles. The molecule has 92 valence electrons. The number of benzene rings is 1. The maximum Gasteiger partial charge on any atom is 0.244 e. The van der Waals surface area contributed by atoms with Gasteiger partial charge in [0.15, 0.2) is 0 Å². The predicted molar refractivity (Wildman–Crippen MR) is 69.4 cm³/mol. The van der Waals surface area contributed by atoms with Crippen LogP contribution in [0.15, 0.2) is 30.3 Å². The van der Waals surface area contributed by atoms with Crippen molar-refractivity contribution in [2.75, 3.05) is 19.4 Å². The van der Waals surface area contributed by atoms with Crippen LogP contribution >= 0.6 is 0 Å². The Morgan fingerprint density at radius 3 is 2.71 bits per heavy atom. The molecule has 1 aromatic rings. The van der Waals surface area contributed by atoms with Crippen molar-refractivity contribution in [3.63, 3.8) is 0 Å². The average Bonchev–Trinajstić information content (AvgIpc) is 2.35. The maximum atomic E-state index is 11.4. The topological polar surface area (TPSA) is 64.3 Å². The Morgan fingerprint density at radius 1 is 1.47 bits per heavy atom. The summed E-state index contributed by atoms with van der Waals surface area (Å²) in [5.41, 5.74) is 7.21. The number of methoxy groups -OCH3 is 1. The number of carbonyl (C=O) groups excluding carboxylic acids is 1. The van der Waals surface area contributed by atoms with Gasteiger partial charge < -0.3 is 15.8 Å². The first kappa shape index (κ1) is 13.3. The van der Waals surface area contributed by atoms with Crippen LogP contribution in [0.4, 0.5) is 5.69 Å². The van der Waals surface area contributed by atoms with E-state index in [4.69, 9.17) is 10.5 Å². The van der Waals surface area contributed by atoms with Gasteiger partial charge in [-0.25, -0.2) is 0 Å². The van der Waals surface area contributed by atoms with Crippen LogP contribution in [-0.4, -0.2) is 25.7 Å². The number of amides is 1. The SMILES string of the molecule is COC(C)CNC(=O)/C=C/c1ccc(N)cc1. The Balaban J connectivity index is 2.42. The van der Waals surface area contributed by atoms with Crippen LogP contribution in [0.1, 0.15) is 12.5 Å². The van der Waals surface area contributed by atoms with Crippen molar-refractivity contribution in [3.8, 4) is 0 Å². The zero-order valence-electron chi connectivity index (χ0n) is 10.1. The molecule has 0 aliphatic carbocycles. The largest absolute Gasteiger partial charge is 0.399 e. The van der Waals surface area contributed by atoms with Gasteiger partial charge in [-0.15, -0.1) is 0 Å². The summed E-state index contributed by atoms with van der Waals surface area (Å²) in [5.74, 6) is -0.134. The van der Waals surface area contributed by atoms with Gasteiger partial charge in [-0.1, -0.05) is 12.1 Å². The fraction of sp³-hybridized carbons (Fsp3) is 0.308. The van der Waals surface area contributed by atoms with Crippen LogP contribution in [-0.2, 0) is 9.53 Å². The summed E-state index contributed by atoms with van der Waals surface area (Å²) in [6, 6.07) is 7.31. The molecule has 1 amide bonds. The Hall–Kier alpha value is -1.81. The molecule has 0 saturated carbocycles. The lowest BCUT2D eigenvalue weighted by Gasteiger charge is -2.08. The summed E-state index contributed by atoms with van der Waals surface area (Å²) in [6.45, 7) is 2.39. The smallest absolute Gasteiger partial charge is 0.244 e. The first-order valence-corrected chi connectivity index (χ1v) is 5.46. The highest BCUT2D eigenvalue weighted by molar-refractivity contribution is 5.91. The standard InChI is InChI=1S/C13H18N2O2/c1-10(17-2)9-15-13(16)8-5-11-3-6-12(14)7-4-11/h3-8,10H,9,14H2,1-2H3,(H,15,16)/b8-5+. The molecule has 1 unspecified atom stereocenters. The monoisotopic (exact) mass is 234 g/mol. The van der Waals surface area contributed by atoms with Crippen molar-refractivity contribution in [1.82, 2.24) is 5.32 Å². The number of anilines is 1. The molecule has 0 fully saturated rings. The number of carbonyl (C=O) groups is 1. The third kappa shape index (κ3) is 5.17. The van der Waals surface area contributed by atoms with Gasteiger partial charge in [0.1, 0.15) is 0 Å². The number of nitrogens with one attached hydrogen (secondary N) is 1. The van der Waals surface area contributed by atoms with Crippen molar-refractivity contribution in [2.24, 2.45) is 0 Å². The van der Waals surface area contributed by atoms with Crippen LogP contribution in [0.2, 0.25) is 0 Å². The van der Waals surface area contributed by atoms with E-state index >= 15 is 0 Å². The highest BCUT2D eigenvalue weighted by Gasteiger charge is 2.00. The number of nitrogen functional groups attached to an aromatic ring is 1. The predicted octanol–water partition coefficient (Wildman–Crippen LogP) is 1.43. The van der Waals surface area contributed by atoms with Gasteiger partial charge in [-0.2, -0.15) is 0 Å². The second kappa shape index (κ2) is 6.70. The van der Waals surface area contributed by atoms with Gasteiger partial charge in [0.2, 0.25) is 5.91 Å². The molecule has 4 heteroatoms. The molecule has 0 aromatic heterocycles. The van der Waals surface area contributed by atoms with E-state index in [1.807, 2.05) is 19.1 Å². The van der Waals surface area contributed by atoms with Crippen LogP contribution in [0.25, 0.3) is 6.08 Å². The van der Waals surface area contributed by atoms with E-state index in [-0.39, 0.29) is 12.0 Å². The number of hydrogen-bond donors (Lipinski definition) is 2. The zero-order valence-corrected chi connectivity index (χ0v) is 10.1. The Labute approximate surface area is 101 Å². The van der Waals surface area contributed by atoms with Gasteiger partial charge in [-0.05, 0) is 30.7 Å². The first-order chi connectivity index (χ1) is 8.11. The summed E-state index contributed by atoms with van der Waals surface area (Å²) < 4.78 is 5.02. The third-order valence-electron chi connectivity index (χ3n) is 2.33. The lowest BCUT2D eigenvalue weighted by atomic mass is 10.2. The second-order valence-corrected chi connectivity index (χ2v) is 3.79. The summed E-state index contributed by atoms with van der Waals surface area (Å²) >= 11 is 0. The maximum absolute atomic E-state index is 11.4. The fourth-order valence-electron chi connectivity index (χ4n) is 1.17. The van der Waals surface area contributed by atoms with E-state index in [2.05, 4.69) is 5.32 Å². The molecule has 0 spiro atoms. The molecule has 4 nitrogen and oxygen atoms in total. The molecule has 1 aromatic carbocycles. The molecule has 1 rings (SSSR count). The molecule has 0 saturated heterocycles. The van der Waals surface area contributed by atoms with E-state index < -0.39 is 0 Å². The number of hydrogen-bond acceptors (Lipinski definition) is 3. The van der Waals surface area contributed by atoms with Crippen LogP contribution in [0.3, 0.4) is 0 Å². The van der Waals surface area contributed by atoms with Crippen molar-refractivity contribution in [2.45, 2.75) is 13.0 Å². The van der Waals surface area contributed by atoms with E-state index in [0.29, 0.717) is 12.2 Å². The summed E-state index contributed by atoms with van der Waals surface area (Å²) in [6.07, 6.45) is 3.25. The van der Waals surface area contributed by atoms with Crippen LogP contribution in [0, 0.1) is 0 Å². The molecule has 1 atom stereocenters. The molecule has 0 heterocycles. The van der Waals surface area contributed by atoms with Gasteiger partial charge >= 0.3 is 0 Å². The quantitative estimate of drug-likeness (QED) is 0.598. The van der Waals surface area contributed by atoms with E-state index in [0.717, 1.165) is 5.56 Å². The number of rotatable bonds is 5. The fourth-order valence-corrected chi connectivity index (χ4v) is 1.17. The normalized spacial score (nSPS) is 12.6. The van der Waals surface area contributed by atoms with Gasteiger partial charge in [-0.3, -0.25) is 4.79 Å². The Kier molecular flexibility index (Phi) is 5.23. The second-order valence-electron chi connectivity index (χ2n) is 3.79. The molecule has 0 radical (unpaired) electrons. The summed E-state index contributed by atoms with van der Waals surface area (Å²) in [7, 11) is 1.61. The molecule has 0 bridgehead atoms. The minimum atomic E-state index is -0.134. The van der Waals surface area contributed by atoms with Crippen molar-refractivity contribution in [3.05, 3.63) is 35.9 Å². The van der Waals surface area contributed by atoms with Crippen molar-refractivity contribution < 1.29 is 9.53 Å². The number of nitrogens with two attached hydrogens (primary N) is 1. The average molecular weight is 234 g/mol. The molecule has 0 aliphatic rings. The Morgan fingerprint density at radius 2 is 2.12 bits per heavy atom. The lowest BCUT2D eigenvalue weighted by Crippen LogP contribution is -2.30. The summed E-state index contributed by atoms with van der Waals surface area (Å²) in [4.78, 5) is 11.4. The van der Waals surface area contributed by atoms with E-state index in [1.54, 1.807) is 25.3 Å². The van der Waals surface area contributed by atoms with Gasteiger partial charge in [0, 0.05) is 25.4 Å². The van der Waals surface area contributed by atoms with Gasteiger partial charge in [0.25, 0.3) is 0 Å². The molecular weight excluding hydrogens is 216 g/mol. The number of ether oxygens (including phenoxy) is 1.